The van der Waals surface area contributed by atoms with Crippen LogP contribution in [0.15, 0.2) is 39.8 Å². The van der Waals surface area contributed by atoms with Crippen LogP contribution >= 0.6 is 0 Å². The van der Waals surface area contributed by atoms with E-state index in [2.05, 4.69) is 19.9 Å². The van der Waals surface area contributed by atoms with Gasteiger partial charge in [0.2, 0.25) is 5.89 Å². The van der Waals surface area contributed by atoms with E-state index in [0.717, 1.165) is 11.1 Å². The molecule has 0 aliphatic carbocycles. The van der Waals surface area contributed by atoms with Crippen LogP contribution in [0.3, 0.4) is 0 Å². The number of hydrogen-bond acceptors (Lipinski definition) is 5. The van der Waals surface area contributed by atoms with E-state index in [1.165, 1.54) is 12.3 Å². The number of aromatic amines is 1. The van der Waals surface area contributed by atoms with Gasteiger partial charge in [0.05, 0.1) is 0 Å². The van der Waals surface area contributed by atoms with Crippen LogP contribution in [0.5, 0.6) is 0 Å². The molecular formula is C15H16N4O3S. The SMILES string of the molecule is Cc1nnc(-c2cc(S(=O)(=O)Nc3ccc(C)c(C)c3)c[nH]2)o1. The van der Waals surface area contributed by atoms with E-state index in [0.29, 0.717) is 17.3 Å². The molecular weight excluding hydrogens is 316 g/mol. The lowest BCUT2D eigenvalue weighted by Gasteiger charge is -2.08. The molecule has 8 heteroatoms. The highest BCUT2D eigenvalue weighted by Gasteiger charge is 2.18. The minimum absolute atomic E-state index is 0.0987. The highest BCUT2D eigenvalue weighted by atomic mass is 32.2. The van der Waals surface area contributed by atoms with Gasteiger partial charge < -0.3 is 9.40 Å². The highest BCUT2D eigenvalue weighted by Crippen LogP contribution is 2.23. The Hall–Kier alpha value is -2.61. The van der Waals surface area contributed by atoms with Gasteiger partial charge in [-0.05, 0) is 43.2 Å². The van der Waals surface area contributed by atoms with Crippen molar-refractivity contribution in [3.05, 3.63) is 47.5 Å². The number of sulfonamides is 1. The van der Waals surface area contributed by atoms with Crippen molar-refractivity contribution < 1.29 is 12.8 Å². The van der Waals surface area contributed by atoms with Crippen molar-refractivity contribution in [3.63, 3.8) is 0 Å². The number of benzene rings is 1. The highest BCUT2D eigenvalue weighted by molar-refractivity contribution is 7.92. The third kappa shape index (κ3) is 3.11. The van der Waals surface area contributed by atoms with E-state index >= 15 is 0 Å². The number of hydrogen-bond donors (Lipinski definition) is 2. The molecule has 1 aromatic carbocycles. The van der Waals surface area contributed by atoms with Crippen LogP contribution in [0.2, 0.25) is 0 Å². The molecule has 0 aliphatic heterocycles. The summed E-state index contributed by atoms with van der Waals surface area (Å²) in [5.74, 6) is 0.655. The Bertz CT molecular complexity index is 957. The van der Waals surface area contributed by atoms with Gasteiger partial charge in [0.1, 0.15) is 10.6 Å². The second-order valence-corrected chi connectivity index (χ2v) is 6.96. The Balaban J connectivity index is 1.88. The summed E-state index contributed by atoms with van der Waals surface area (Å²) in [5, 5.41) is 7.57. The Morgan fingerprint density at radius 3 is 2.52 bits per heavy atom. The van der Waals surface area contributed by atoms with Gasteiger partial charge in [0, 0.05) is 18.8 Å². The zero-order chi connectivity index (χ0) is 16.6. The molecule has 0 bridgehead atoms. The van der Waals surface area contributed by atoms with E-state index in [1.807, 2.05) is 19.9 Å². The van der Waals surface area contributed by atoms with Gasteiger partial charge in [-0.2, -0.15) is 0 Å². The van der Waals surface area contributed by atoms with Crippen LogP contribution in [-0.4, -0.2) is 23.6 Å². The molecule has 2 N–H and O–H groups in total. The van der Waals surface area contributed by atoms with E-state index < -0.39 is 10.0 Å². The number of aromatic nitrogens is 3. The normalized spacial score (nSPS) is 11.6. The summed E-state index contributed by atoms with van der Waals surface area (Å²) in [7, 11) is -3.69. The molecule has 7 nitrogen and oxygen atoms in total. The molecule has 0 radical (unpaired) electrons. The van der Waals surface area contributed by atoms with Crippen LogP contribution in [0.1, 0.15) is 17.0 Å². The van der Waals surface area contributed by atoms with Crippen LogP contribution < -0.4 is 4.72 Å². The molecule has 0 aliphatic rings. The van der Waals surface area contributed by atoms with Crippen molar-refractivity contribution in [1.29, 1.82) is 0 Å². The average molecular weight is 332 g/mol. The predicted molar refractivity (Wildman–Crippen MR) is 85.5 cm³/mol. The van der Waals surface area contributed by atoms with Crippen LogP contribution in [-0.2, 0) is 10.0 Å². The zero-order valence-electron chi connectivity index (χ0n) is 12.9. The van der Waals surface area contributed by atoms with E-state index in [9.17, 15) is 8.42 Å². The van der Waals surface area contributed by atoms with Crippen molar-refractivity contribution in [1.82, 2.24) is 15.2 Å². The van der Waals surface area contributed by atoms with E-state index in [-0.39, 0.29) is 10.8 Å². The van der Waals surface area contributed by atoms with Crippen molar-refractivity contribution in [2.75, 3.05) is 4.72 Å². The second kappa shape index (κ2) is 5.54. The van der Waals surface area contributed by atoms with Crippen molar-refractivity contribution >= 4 is 15.7 Å². The maximum Gasteiger partial charge on any atom is 0.264 e. The largest absolute Gasteiger partial charge is 0.420 e. The molecule has 0 unspecified atom stereocenters. The van der Waals surface area contributed by atoms with Gasteiger partial charge in [-0.15, -0.1) is 10.2 Å². The number of nitrogens with zero attached hydrogens (tertiary/aromatic N) is 2. The third-order valence-corrected chi connectivity index (χ3v) is 4.84. The number of H-pyrrole nitrogens is 1. The first kappa shape index (κ1) is 15.3. The summed E-state index contributed by atoms with van der Waals surface area (Å²) in [6, 6.07) is 6.85. The van der Waals surface area contributed by atoms with Gasteiger partial charge in [-0.25, -0.2) is 8.42 Å². The fraction of sp³-hybridized carbons (Fsp3) is 0.200. The molecule has 3 rings (SSSR count). The summed E-state index contributed by atoms with van der Waals surface area (Å²) in [6.45, 7) is 5.57. The van der Waals surface area contributed by atoms with Crippen LogP contribution in [0.25, 0.3) is 11.6 Å². The van der Waals surface area contributed by atoms with Gasteiger partial charge in [-0.3, -0.25) is 4.72 Å². The minimum Gasteiger partial charge on any atom is -0.420 e. The van der Waals surface area contributed by atoms with Crippen LogP contribution in [0.4, 0.5) is 5.69 Å². The lowest BCUT2D eigenvalue weighted by Crippen LogP contribution is -2.12. The van der Waals surface area contributed by atoms with E-state index in [1.54, 1.807) is 19.1 Å². The predicted octanol–water partition coefficient (Wildman–Crippen LogP) is 2.79. The minimum atomic E-state index is -3.69. The summed E-state index contributed by atoms with van der Waals surface area (Å²) in [5.41, 5.74) is 3.08. The van der Waals surface area contributed by atoms with Crippen molar-refractivity contribution in [2.45, 2.75) is 25.7 Å². The third-order valence-electron chi connectivity index (χ3n) is 3.48. The molecule has 0 amide bonds. The first-order valence-corrected chi connectivity index (χ1v) is 8.42. The summed E-state index contributed by atoms with van der Waals surface area (Å²) in [6.07, 6.45) is 1.39. The first-order chi connectivity index (χ1) is 10.8. The molecule has 0 fully saturated rings. The fourth-order valence-electron chi connectivity index (χ4n) is 2.08. The molecule has 2 heterocycles. The molecule has 120 valence electrons. The van der Waals surface area contributed by atoms with Crippen molar-refractivity contribution in [3.8, 4) is 11.6 Å². The lowest BCUT2D eigenvalue weighted by atomic mass is 10.1. The fourth-order valence-corrected chi connectivity index (χ4v) is 3.12. The first-order valence-electron chi connectivity index (χ1n) is 6.94. The number of aryl methyl sites for hydroxylation is 3. The molecule has 0 saturated heterocycles. The molecule has 23 heavy (non-hydrogen) atoms. The Morgan fingerprint density at radius 1 is 1.09 bits per heavy atom. The summed E-state index contributed by atoms with van der Waals surface area (Å²) >= 11 is 0. The second-order valence-electron chi connectivity index (χ2n) is 5.28. The van der Waals surface area contributed by atoms with Crippen LogP contribution in [0, 0.1) is 20.8 Å². The quantitative estimate of drug-likeness (QED) is 0.765. The molecule has 0 spiro atoms. The maximum absolute atomic E-state index is 12.4. The summed E-state index contributed by atoms with van der Waals surface area (Å²) in [4.78, 5) is 2.93. The van der Waals surface area contributed by atoms with Gasteiger partial charge in [0.15, 0.2) is 0 Å². The molecule has 0 atom stereocenters. The standard InChI is InChI=1S/C15H16N4O3S/c1-9-4-5-12(6-10(9)2)19-23(20,21)13-7-14(16-8-13)15-18-17-11(3)22-15/h4-8,16,19H,1-3H3. The molecule has 0 saturated carbocycles. The monoisotopic (exact) mass is 332 g/mol. The number of rotatable bonds is 4. The topological polar surface area (TPSA) is 101 Å². The number of nitrogens with one attached hydrogen (secondary N) is 2. The lowest BCUT2D eigenvalue weighted by molar-refractivity contribution is 0.531. The van der Waals surface area contributed by atoms with Crippen molar-refractivity contribution in [2.24, 2.45) is 0 Å². The maximum atomic E-state index is 12.4. The zero-order valence-corrected chi connectivity index (χ0v) is 13.7. The van der Waals surface area contributed by atoms with Gasteiger partial charge in [-0.1, -0.05) is 6.07 Å². The average Bonchev–Trinajstić information content (AvgIpc) is 3.11. The Labute approximate surface area is 133 Å². The molecule has 3 aromatic rings. The Kier molecular flexibility index (Phi) is 3.69. The summed E-state index contributed by atoms with van der Waals surface area (Å²) < 4.78 is 32.7. The van der Waals surface area contributed by atoms with Gasteiger partial charge >= 0.3 is 0 Å². The smallest absolute Gasteiger partial charge is 0.264 e. The molecule has 2 aromatic heterocycles. The Morgan fingerprint density at radius 2 is 1.87 bits per heavy atom. The van der Waals surface area contributed by atoms with Gasteiger partial charge in [0.25, 0.3) is 15.9 Å². The van der Waals surface area contributed by atoms with E-state index in [4.69, 9.17) is 4.42 Å². The number of anilines is 1.